The van der Waals surface area contributed by atoms with Crippen LogP contribution in [0.1, 0.15) is 12.8 Å². The monoisotopic (exact) mass is 99.1 g/mol. The molecule has 1 rings (SSSR count). The molecule has 0 aromatic carbocycles. The molecule has 0 saturated heterocycles. The van der Waals surface area contributed by atoms with Crippen molar-refractivity contribution in [1.29, 1.82) is 0 Å². The molecule has 0 saturated carbocycles. The Bertz CT molecular complexity index is 76.2. The average Bonchev–Trinajstić information content (AvgIpc) is 1.69. The van der Waals surface area contributed by atoms with Gasteiger partial charge in [0.1, 0.15) is 6.17 Å². The summed E-state index contributed by atoms with van der Waals surface area (Å²) in [4.78, 5) is 0. The van der Waals surface area contributed by atoms with Crippen LogP contribution in [0, 0.1) is 6.42 Å². The van der Waals surface area contributed by atoms with Crippen molar-refractivity contribution in [3.8, 4) is 0 Å². The number of allylic oxidation sites excluding steroid dienone is 2. The van der Waals surface area contributed by atoms with Crippen LogP contribution in [-0.4, -0.2) is 6.17 Å². The van der Waals surface area contributed by atoms with Gasteiger partial charge in [-0.2, -0.15) is 0 Å². The van der Waals surface area contributed by atoms with Gasteiger partial charge in [0.05, 0.1) is 0 Å². The molecule has 1 unspecified atom stereocenters. The molecule has 0 nitrogen and oxygen atoms in total. The third-order valence-electron chi connectivity index (χ3n) is 1.07. The van der Waals surface area contributed by atoms with Crippen molar-refractivity contribution in [3.05, 3.63) is 18.6 Å². The van der Waals surface area contributed by atoms with Crippen LogP contribution in [-0.2, 0) is 0 Å². The molecule has 0 bridgehead atoms. The number of rotatable bonds is 0. The van der Waals surface area contributed by atoms with E-state index in [1.807, 2.05) is 6.42 Å². The normalized spacial score (nSPS) is 30.7. The minimum atomic E-state index is -0.676. The van der Waals surface area contributed by atoms with Gasteiger partial charge in [0.15, 0.2) is 0 Å². The maximum atomic E-state index is 12.1. The zero-order chi connectivity index (χ0) is 5.11. The van der Waals surface area contributed by atoms with Gasteiger partial charge in [-0.3, -0.25) is 0 Å². The van der Waals surface area contributed by atoms with Gasteiger partial charge in [-0.25, -0.2) is 4.39 Å². The fourth-order valence-electron chi connectivity index (χ4n) is 0.647. The summed E-state index contributed by atoms with van der Waals surface area (Å²) < 4.78 is 12.1. The van der Waals surface area contributed by atoms with Crippen LogP contribution >= 0.6 is 0 Å². The van der Waals surface area contributed by atoms with Gasteiger partial charge in [0.2, 0.25) is 0 Å². The lowest BCUT2D eigenvalue weighted by Gasteiger charge is -2.04. The quantitative estimate of drug-likeness (QED) is 0.435. The molecule has 0 fully saturated rings. The third-order valence-corrected chi connectivity index (χ3v) is 1.07. The highest BCUT2D eigenvalue weighted by Gasteiger charge is 2.03. The van der Waals surface area contributed by atoms with E-state index in [0.29, 0.717) is 6.42 Å². The van der Waals surface area contributed by atoms with Crippen LogP contribution < -0.4 is 0 Å². The van der Waals surface area contributed by atoms with E-state index in [-0.39, 0.29) is 0 Å². The molecule has 1 heteroatoms. The van der Waals surface area contributed by atoms with E-state index < -0.39 is 6.17 Å². The molecule has 0 N–H and O–H groups in total. The van der Waals surface area contributed by atoms with Crippen molar-refractivity contribution in [2.75, 3.05) is 0 Å². The Morgan fingerprint density at radius 2 is 2.43 bits per heavy atom. The first kappa shape index (κ1) is 4.82. The summed E-state index contributed by atoms with van der Waals surface area (Å²) in [6.45, 7) is 0. The molecular weight excluding hydrogens is 91.1 g/mol. The Hall–Kier alpha value is -0.330. The zero-order valence-corrected chi connectivity index (χ0v) is 4.10. The minimum absolute atomic E-state index is 0.676. The number of hydrogen-bond donors (Lipinski definition) is 0. The molecule has 0 heterocycles. The van der Waals surface area contributed by atoms with Gasteiger partial charge in [-0.15, -0.1) is 0 Å². The standard InChI is InChI=1S/C6H8F/c7-6-4-2-1-3-5-6/h1-2,4,6H,3,5H2. The highest BCUT2D eigenvalue weighted by atomic mass is 19.1. The molecule has 39 valence electrons. The lowest BCUT2D eigenvalue weighted by atomic mass is 10.1. The fraction of sp³-hybridized carbons (Fsp3) is 0.500. The van der Waals surface area contributed by atoms with Crippen molar-refractivity contribution < 1.29 is 4.39 Å². The van der Waals surface area contributed by atoms with E-state index in [1.54, 1.807) is 12.2 Å². The predicted octanol–water partition coefficient (Wildman–Crippen LogP) is 1.88. The Balaban J connectivity index is 2.36. The predicted molar refractivity (Wildman–Crippen MR) is 27.6 cm³/mol. The summed E-state index contributed by atoms with van der Waals surface area (Å²) in [5, 5.41) is 0. The van der Waals surface area contributed by atoms with Gasteiger partial charge < -0.3 is 0 Å². The van der Waals surface area contributed by atoms with E-state index >= 15 is 0 Å². The van der Waals surface area contributed by atoms with Gasteiger partial charge in [-0.05, 0) is 19.3 Å². The Morgan fingerprint density at radius 1 is 1.57 bits per heavy atom. The van der Waals surface area contributed by atoms with Crippen LogP contribution in [0.3, 0.4) is 0 Å². The topological polar surface area (TPSA) is 0 Å². The molecule has 1 atom stereocenters. The zero-order valence-electron chi connectivity index (χ0n) is 4.10. The molecule has 0 aromatic heterocycles. The summed E-state index contributed by atoms with van der Waals surface area (Å²) >= 11 is 0. The van der Waals surface area contributed by atoms with Crippen LogP contribution in [0.5, 0.6) is 0 Å². The van der Waals surface area contributed by atoms with Crippen LogP contribution in [0.2, 0.25) is 0 Å². The third kappa shape index (κ3) is 1.30. The molecule has 0 aromatic rings. The van der Waals surface area contributed by atoms with Crippen molar-refractivity contribution in [1.82, 2.24) is 0 Å². The smallest absolute Gasteiger partial charge is 0.118 e. The number of hydrogen-bond acceptors (Lipinski definition) is 0. The molecule has 1 radical (unpaired) electrons. The molecule has 0 aliphatic heterocycles. The lowest BCUT2D eigenvalue weighted by Crippen LogP contribution is -1.98. The highest BCUT2D eigenvalue weighted by molar-refractivity contribution is 5.03. The van der Waals surface area contributed by atoms with Crippen LogP contribution in [0.15, 0.2) is 12.2 Å². The fourth-order valence-corrected chi connectivity index (χ4v) is 0.647. The molecule has 1 aliphatic rings. The van der Waals surface area contributed by atoms with E-state index in [4.69, 9.17) is 0 Å². The van der Waals surface area contributed by atoms with Crippen molar-refractivity contribution >= 4 is 0 Å². The van der Waals surface area contributed by atoms with Gasteiger partial charge >= 0.3 is 0 Å². The summed E-state index contributed by atoms with van der Waals surface area (Å²) in [5.74, 6) is 0. The maximum absolute atomic E-state index is 12.1. The van der Waals surface area contributed by atoms with E-state index in [1.165, 1.54) is 0 Å². The molecule has 7 heavy (non-hydrogen) atoms. The summed E-state index contributed by atoms with van der Waals surface area (Å²) in [7, 11) is 0. The second kappa shape index (κ2) is 2.10. The molecule has 0 amide bonds. The molecule has 0 spiro atoms. The molecule has 1 aliphatic carbocycles. The van der Waals surface area contributed by atoms with E-state index in [9.17, 15) is 4.39 Å². The maximum Gasteiger partial charge on any atom is 0.118 e. The second-order valence-electron chi connectivity index (χ2n) is 1.71. The van der Waals surface area contributed by atoms with Gasteiger partial charge in [0.25, 0.3) is 0 Å². The summed E-state index contributed by atoms with van der Waals surface area (Å²) in [6.07, 6.45) is 6.26. The number of alkyl halides is 1. The Morgan fingerprint density at radius 3 is 2.71 bits per heavy atom. The highest BCUT2D eigenvalue weighted by Crippen LogP contribution is 2.11. The van der Waals surface area contributed by atoms with E-state index in [0.717, 1.165) is 6.42 Å². The Labute approximate surface area is 43.0 Å². The molecular formula is C6H8F. The Kier molecular flexibility index (Phi) is 1.45. The van der Waals surface area contributed by atoms with Gasteiger partial charge in [-0.1, -0.05) is 12.2 Å². The first-order chi connectivity index (χ1) is 3.39. The lowest BCUT2D eigenvalue weighted by molar-refractivity contribution is 0.372. The summed E-state index contributed by atoms with van der Waals surface area (Å²) in [5.41, 5.74) is 0. The first-order valence-electron chi connectivity index (χ1n) is 2.53. The summed E-state index contributed by atoms with van der Waals surface area (Å²) in [6, 6.07) is 0. The number of halogens is 1. The van der Waals surface area contributed by atoms with Crippen molar-refractivity contribution in [2.45, 2.75) is 19.0 Å². The van der Waals surface area contributed by atoms with E-state index in [2.05, 4.69) is 0 Å². The average molecular weight is 99.1 g/mol. The van der Waals surface area contributed by atoms with Crippen LogP contribution in [0.25, 0.3) is 0 Å². The van der Waals surface area contributed by atoms with Gasteiger partial charge in [0, 0.05) is 0 Å². The largest absolute Gasteiger partial charge is 0.243 e. The minimum Gasteiger partial charge on any atom is -0.243 e. The van der Waals surface area contributed by atoms with Crippen molar-refractivity contribution in [2.24, 2.45) is 0 Å². The SMILES string of the molecule is FC1C=C[CH]CC1. The second-order valence-corrected chi connectivity index (χ2v) is 1.71. The van der Waals surface area contributed by atoms with Crippen molar-refractivity contribution in [3.63, 3.8) is 0 Å². The first-order valence-corrected chi connectivity index (χ1v) is 2.53. The van der Waals surface area contributed by atoms with Crippen LogP contribution in [0.4, 0.5) is 4.39 Å².